The summed E-state index contributed by atoms with van der Waals surface area (Å²) in [6.07, 6.45) is 0. The summed E-state index contributed by atoms with van der Waals surface area (Å²) in [5, 5.41) is 9.51. The van der Waals surface area contributed by atoms with Crippen LogP contribution in [-0.4, -0.2) is 39.3 Å². The smallest absolute Gasteiger partial charge is 0.326 e. The number of aryl methyl sites for hydroxylation is 2. The number of aliphatic hydroxyl groups is 1. The fraction of sp³-hybridized carbons (Fsp3) is 0.417. The van der Waals surface area contributed by atoms with Crippen LogP contribution in [0, 0.1) is 13.8 Å². The van der Waals surface area contributed by atoms with Gasteiger partial charge in [0.15, 0.2) is 0 Å². The first-order chi connectivity index (χ1) is 9.22. The van der Waals surface area contributed by atoms with Crippen molar-refractivity contribution < 1.29 is 23.1 Å². The van der Waals surface area contributed by atoms with Crippen molar-refractivity contribution in [2.24, 2.45) is 0 Å². The van der Waals surface area contributed by atoms with E-state index in [1.54, 1.807) is 13.8 Å². The summed E-state index contributed by atoms with van der Waals surface area (Å²) in [5.41, 5.74) is 1.03. The van der Waals surface area contributed by atoms with E-state index in [0.717, 1.165) is 7.11 Å². The lowest BCUT2D eigenvalue weighted by atomic mass is 10.2. The normalized spacial score (nSPS) is 13.1. The molecule has 1 rings (SSSR count). The quantitative estimate of drug-likeness (QED) is 0.781. The number of rotatable bonds is 5. The minimum Gasteiger partial charge on any atom is -0.468 e. The van der Waals surface area contributed by atoms with Crippen molar-refractivity contribution in [3.8, 4) is 0 Å². The topological polar surface area (TPSA) is 92.7 Å². The lowest BCUT2D eigenvalue weighted by Gasteiger charge is -2.16. The van der Waals surface area contributed by atoms with Gasteiger partial charge in [0, 0.05) is 5.02 Å². The van der Waals surface area contributed by atoms with E-state index in [4.69, 9.17) is 16.7 Å². The van der Waals surface area contributed by atoms with Crippen LogP contribution in [0.15, 0.2) is 17.0 Å². The molecule has 1 atom stereocenters. The van der Waals surface area contributed by atoms with E-state index in [1.165, 1.54) is 12.1 Å². The molecule has 1 unspecified atom stereocenters. The first-order valence-corrected chi connectivity index (χ1v) is 7.56. The van der Waals surface area contributed by atoms with Crippen LogP contribution in [0.3, 0.4) is 0 Å². The van der Waals surface area contributed by atoms with Gasteiger partial charge in [-0.3, -0.25) is 4.79 Å². The van der Waals surface area contributed by atoms with Gasteiger partial charge in [-0.1, -0.05) is 11.6 Å². The number of ether oxygens (including phenoxy) is 1. The van der Waals surface area contributed by atoms with Crippen molar-refractivity contribution in [2.45, 2.75) is 24.8 Å². The van der Waals surface area contributed by atoms with Gasteiger partial charge in [0.05, 0.1) is 18.6 Å². The van der Waals surface area contributed by atoms with Crippen LogP contribution in [0.4, 0.5) is 0 Å². The highest BCUT2D eigenvalue weighted by molar-refractivity contribution is 7.89. The predicted octanol–water partition coefficient (Wildman–Crippen LogP) is 0.769. The van der Waals surface area contributed by atoms with E-state index >= 15 is 0 Å². The Bertz CT molecular complexity index is 615. The first-order valence-electron chi connectivity index (χ1n) is 5.70. The van der Waals surface area contributed by atoms with E-state index in [0.29, 0.717) is 16.1 Å². The van der Waals surface area contributed by atoms with E-state index in [-0.39, 0.29) is 4.90 Å². The van der Waals surface area contributed by atoms with Gasteiger partial charge in [-0.05, 0) is 37.1 Å². The summed E-state index contributed by atoms with van der Waals surface area (Å²) < 4.78 is 31.0. The van der Waals surface area contributed by atoms with Crippen molar-refractivity contribution >= 4 is 27.6 Å². The Hall–Kier alpha value is -1.15. The zero-order valence-electron chi connectivity index (χ0n) is 11.3. The van der Waals surface area contributed by atoms with Gasteiger partial charge < -0.3 is 9.84 Å². The van der Waals surface area contributed by atoms with Gasteiger partial charge in [0.25, 0.3) is 0 Å². The largest absolute Gasteiger partial charge is 0.468 e. The number of hydrogen-bond donors (Lipinski definition) is 2. The Kier molecular flexibility index (Phi) is 5.52. The molecule has 1 aromatic carbocycles. The molecule has 0 aromatic heterocycles. The summed E-state index contributed by atoms with van der Waals surface area (Å²) in [6, 6.07) is 1.59. The third-order valence-electron chi connectivity index (χ3n) is 2.71. The van der Waals surface area contributed by atoms with Crippen LogP contribution < -0.4 is 4.72 Å². The molecule has 112 valence electrons. The molecule has 1 aromatic rings. The number of benzene rings is 1. The molecule has 0 spiro atoms. The van der Waals surface area contributed by atoms with Crippen LogP contribution >= 0.6 is 11.6 Å². The number of halogens is 1. The van der Waals surface area contributed by atoms with Crippen molar-refractivity contribution in [2.75, 3.05) is 13.7 Å². The Morgan fingerprint density at radius 1 is 1.40 bits per heavy atom. The highest BCUT2D eigenvalue weighted by Gasteiger charge is 2.27. The van der Waals surface area contributed by atoms with Crippen LogP contribution in [-0.2, 0) is 19.6 Å². The number of carbonyl (C=O) groups is 1. The first kappa shape index (κ1) is 16.9. The third kappa shape index (κ3) is 3.69. The summed E-state index contributed by atoms with van der Waals surface area (Å²) in [6.45, 7) is 2.56. The van der Waals surface area contributed by atoms with Gasteiger partial charge >= 0.3 is 5.97 Å². The second-order valence-electron chi connectivity index (χ2n) is 4.25. The highest BCUT2D eigenvalue weighted by atomic mass is 35.5. The fourth-order valence-electron chi connectivity index (χ4n) is 1.60. The van der Waals surface area contributed by atoms with Crippen molar-refractivity contribution in [3.05, 3.63) is 28.3 Å². The molecule has 0 saturated carbocycles. The molecule has 0 aliphatic carbocycles. The zero-order chi connectivity index (χ0) is 15.5. The number of hydrogen-bond acceptors (Lipinski definition) is 5. The van der Waals surface area contributed by atoms with Gasteiger partial charge in [-0.25, -0.2) is 8.42 Å². The number of sulfonamides is 1. The highest BCUT2D eigenvalue weighted by Crippen LogP contribution is 2.23. The molecular formula is C12H16ClNO5S. The lowest BCUT2D eigenvalue weighted by Crippen LogP contribution is -2.44. The lowest BCUT2D eigenvalue weighted by molar-refractivity contribution is -0.143. The number of carbonyl (C=O) groups excluding carboxylic acids is 1. The Morgan fingerprint density at radius 3 is 2.50 bits per heavy atom. The zero-order valence-corrected chi connectivity index (χ0v) is 12.9. The maximum atomic E-state index is 12.2. The predicted molar refractivity (Wildman–Crippen MR) is 74.1 cm³/mol. The van der Waals surface area contributed by atoms with Crippen LogP contribution in [0.25, 0.3) is 0 Å². The number of esters is 1. The SMILES string of the molecule is COC(=O)C(CO)NS(=O)(=O)c1cc(C)c(Cl)cc1C. The van der Waals surface area contributed by atoms with Crippen molar-refractivity contribution in [1.82, 2.24) is 4.72 Å². The number of methoxy groups -OCH3 is 1. The van der Waals surface area contributed by atoms with Gasteiger partial charge in [-0.2, -0.15) is 4.72 Å². The maximum absolute atomic E-state index is 12.2. The molecular weight excluding hydrogens is 306 g/mol. The molecule has 6 nitrogen and oxygen atoms in total. The molecule has 0 fully saturated rings. The van der Waals surface area contributed by atoms with Crippen LogP contribution in [0.1, 0.15) is 11.1 Å². The average Bonchev–Trinajstić information content (AvgIpc) is 2.39. The molecule has 8 heteroatoms. The Balaban J connectivity index is 3.17. The minimum atomic E-state index is -3.97. The summed E-state index contributed by atoms with van der Waals surface area (Å²) >= 11 is 5.91. The van der Waals surface area contributed by atoms with Crippen LogP contribution in [0.2, 0.25) is 5.02 Å². The van der Waals surface area contributed by atoms with Gasteiger partial charge in [-0.15, -0.1) is 0 Å². The third-order valence-corrected chi connectivity index (χ3v) is 4.73. The minimum absolute atomic E-state index is 0.00162. The average molecular weight is 322 g/mol. The fourth-order valence-corrected chi connectivity index (χ4v) is 3.30. The second kappa shape index (κ2) is 6.53. The number of aliphatic hydroxyl groups excluding tert-OH is 1. The van der Waals surface area contributed by atoms with Crippen molar-refractivity contribution in [1.29, 1.82) is 0 Å². The molecule has 0 saturated heterocycles. The molecule has 2 N–H and O–H groups in total. The monoisotopic (exact) mass is 321 g/mol. The summed E-state index contributed by atoms with van der Waals surface area (Å²) in [7, 11) is -2.86. The van der Waals surface area contributed by atoms with Crippen molar-refractivity contribution in [3.63, 3.8) is 0 Å². The molecule has 0 aliphatic rings. The summed E-state index contributed by atoms with van der Waals surface area (Å²) in [4.78, 5) is 11.3. The van der Waals surface area contributed by atoms with E-state index < -0.39 is 28.6 Å². The molecule has 0 amide bonds. The van der Waals surface area contributed by atoms with E-state index in [9.17, 15) is 13.2 Å². The van der Waals surface area contributed by atoms with E-state index in [2.05, 4.69) is 9.46 Å². The Labute approximate surface area is 122 Å². The van der Waals surface area contributed by atoms with Crippen LogP contribution in [0.5, 0.6) is 0 Å². The molecule has 0 heterocycles. The van der Waals surface area contributed by atoms with Gasteiger partial charge in [0.2, 0.25) is 10.0 Å². The second-order valence-corrected chi connectivity index (χ2v) is 6.34. The van der Waals surface area contributed by atoms with E-state index in [1.807, 2.05) is 0 Å². The maximum Gasteiger partial charge on any atom is 0.326 e. The molecule has 0 bridgehead atoms. The summed E-state index contributed by atoms with van der Waals surface area (Å²) in [5.74, 6) is -0.862. The molecule has 0 radical (unpaired) electrons. The Morgan fingerprint density at radius 2 is 2.00 bits per heavy atom. The standard InChI is InChI=1S/C12H16ClNO5S/c1-7-5-11(8(2)4-9(7)13)20(17,18)14-10(6-15)12(16)19-3/h4-5,10,14-15H,6H2,1-3H3. The molecule has 0 aliphatic heterocycles. The molecule has 20 heavy (non-hydrogen) atoms. The van der Waals surface area contributed by atoms with Gasteiger partial charge in [0.1, 0.15) is 6.04 Å². The number of nitrogens with one attached hydrogen (secondary N) is 1.